The number of oxazole rings is 1. The van der Waals surface area contributed by atoms with Crippen LogP contribution in [0.2, 0.25) is 0 Å². The molecule has 2 atom stereocenters. The molecule has 0 aliphatic carbocycles. The molecule has 2 unspecified atom stereocenters. The fourth-order valence-electron chi connectivity index (χ4n) is 4.00. The third-order valence-electron chi connectivity index (χ3n) is 4.87. The maximum absolute atomic E-state index is 5.94. The smallest absolute Gasteiger partial charge is 0.227 e. The van der Waals surface area contributed by atoms with Gasteiger partial charge in [-0.15, -0.1) is 0 Å². The summed E-state index contributed by atoms with van der Waals surface area (Å²) in [6.45, 7) is 8.07. The van der Waals surface area contributed by atoms with Gasteiger partial charge in [0.1, 0.15) is 5.52 Å². The van der Waals surface area contributed by atoms with Gasteiger partial charge >= 0.3 is 0 Å². The van der Waals surface area contributed by atoms with Gasteiger partial charge in [0.05, 0.1) is 0 Å². The Morgan fingerprint density at radius 1 is 1.12 bits per heavy atom. The van der Waals surface area contributed by atoms with Crippen LogP contribution >= 0.6 is 15.9 Å². The minimum absolute atomic E-state index is 0.675. The molecule has 0 spiro atoms. The van der Waals surface area contributed by atoms with Gasteiger partial charge in [0.25, 0.3) is 0 Å². The van der Waals surface area contributed by atoms with Gasteiger partial charge in [-0.2, -0.15) is 0 Å². The number of benzene rings is 2. The van der Waals surface area contributed by atoms with E-state index in [0.29, 0.717) is 5.89 Å². The first kappa shape index (κ1) is 16.8. The number of hydrogen-bond donors (Lipinski definition) is 0. The average molecular weight is 399 g/mol. The highest BCUT2D eigenvalue weighted by molar-refractivity contribution is 9.10. The highest BCUT2D eigenvalue weighted by atomic mass is 79.9. The summed E-state index contributed by atoms with van der Waals surface area (Å²) >= 11 is 3.50. The molecule has 0 radical (unpaired) electrons. The first-order valence-electron chi connectivity index (χ1n) is 8.94. The van der Waals surface area contributed by atoms with Crippen molar-refractivity contribution in [1.82, 2.24) is 9.88 Å². The van der Waals surface area contributed by atoms with Crippen molar-refractivity contribution in [2.24, 2.45) is 11.8 Å². The van der Waals surface area contributed by atoms with Crippen LogP contribution < -0.4 is 0 Å². The molecule has 1 fully saturated rings. The number of aromatic nitrogens is 1. The van der Waals surface area contributed by atoms with Crippen molar-refractivity contribution in [3.05, 3.63) is 52.5 Å². The maximum Gasteiger partial charge on any atom is 0.227 e. The van der Waals surface area contributed by atoms with Crippen LogP contribution in [-0.4, -0.2) is 23.0 Å². The number of piperidine rings is 1. The molecule has 4 rings (SSSR count). The maximum atomic E-state index is 5.94. The summed E-state index contributed by atoms with van der Waals surface area (Å²) in [7, 11) is 0. The Morgan fingerprint density at radius 3 is 2.68 bits per heavy atom. The third kappa shape index (κ3) is 3.80. The van der Waals surface area contributed by atoms with Crippen LogP contribution in [0, 0.1) is 11.8 Å². The van der Waals surface area contributed by atoms with E-state index in [1.165, 1.54) is 25.1 Å². The molecular formula is C21H23BrN2O. The fourth-order valence-corrected chi connectivity index (χ4v) is 4.39. The molecule has 0 saturated carbocycles. The van der Waals surface area contributed by atoms with E-state index in [1.54, 1.807) is 0 Å². The van der Waals surface area contributed by atoms with Gasteiger partial charge in [-0.3, -0.25) is 4.90 Å². The molecule has 0 N–H and O–H groups in total. The number of rotatable bonds is 3. The second-order valence-electron chi connectivity index (χ2n) is 7.47. The van der Waals surface area contributed by atoms with Crippen molar-refractivity contribution < 1.29 is 4.42 Å². The first-order chi connectivity index (χ1) is 12.1. The lowest BCUT2D eigenvalue weighted by Crippen LogP contribution is -2.38. The molecule has 3 nitrogen and oxygen atoms in total. The molecule has 4 heteroatoms. The standard InChI is InChI=1S/C21H23BrN2O/c1-14-8-15(2)12-24(11-14)13-16-6-7-20-19(9-16)23-21(25-20)17-4-3-5-18(22)10-17/h3-7,9-10,14-15H,8,11-13H2,1-2H3. The Balaban J connectivity index is 1.58. The summed E-state index contributed by atoms with van der Waals surface area (Å²) in [5.41, 5.74) is 4.08. The number of hydrogen-bond acceptors (Lipinski definition) is 3. The zero-order chi connectivity index (χ0) is 17.4. The predicted octanol–water partition coefficient (Wildman–Crippen LogP) is 5.74. The average Bonchev–Trinajstić information content (AvgIpc) is 2.97. The van der Waals surface area contributed by atoms with Crippen molar-refractivity contribution in [2.75, 3.05) is 13.1 Å². The minimum atomic E-state index is 0.675. The molecule has 3 aromatic rings. The van der Waals surface area contributed by atoms with Crippen LogP contribution in [0.15, 0.2) is 51.4 Å². The lowest BCUT2D eigenvalue weighted by atomic mass is 9.91. The van der Waals surface area contributed by atoms with Gasteiger partial charge in [0.2, 0.25) is 5.89 Å². The van der Waals surface area contributed by atoms with E-state index >= 15 is 0 Å². The van der Waals surface area contributed by atoms with Crippen LogP contribution in [0.4, 0.5) is 0 Å². The van der Waals surface area contributed by atoms with E-state index in [-0.39, 0.29) is 0 Å². The van der Waals surface area contributed by atoms with Crippen molar-refractivity contribution in [3.8, 4) is 11.5 Å². The normalized spacial score (nSPS) is 21.7. The van der Waals surface area contributed by atoms with Crippen LogP contribution in [0.1, 0.15) is 25.8 Å². The topological polar surface area (TPSA) is 29.3 Å². The van der Waals surface area contributed by atoms with E-state index < -0.39 is 0 Å². The minimum Gasteiger partial charge on any atom is -0.436 e. The van der Waals surface area contributed by atoms with Crippen LogP contribution in [0.3, 0.4) is 0 Å². The molecular weight excluding hydrogens is 376 g/mol. The highest BCUT2D eigenvalue weighted by Crippen LogP contribution is 2.28. The van der Waals surface area contributed by atoms with Crippen LogP contribution in [0.5, 0.6) is 0 Å². The molecule has 25 heavy (non-hydrogen) atoms. The lowest BCUT2D eigenvalue weighted by Gasteiger charge is -2.34. The summed E-state index contributed by atoms with van der Waals surface area (Å²) in [6, 6.07) is 14.4. The van der Waals surface area contributed by atoms with E-state index in [2.05, 4.69) is 52.9 Å². The lowest BCUT2D eigenvalue weighted by molar-refractivity contribution is 0.134. The first-order valence-corrected chi connectivity index (χ1v) is 9.74. The largest absolute Gasteiger partial charge is 0.436 e. The Hall–Kier alpha value is -1.65. The number of fused-ring (bicyclic) bond motifs is 1. The van der Waals surface area contributed by atoms with Crippen LogP contribution in [-0.2, 0) is 6.54 Å². The van der Waals surface area contributed by atoms with Crippen molar-refractivity contribution in [1.29, 1.82) is 0 Å². The van der Waals surface area contributed by atoms with Crippen LogP contribution in [0.25, 0.3) is 22.6 Å². The summed E-state index contributed by atoms with van der Waals surface area (Å²) in [4.78, 5) is 7.27. The summed E-state index contributed by atoms with van der Waals surface area (Å²) < 4.78 is 6.97. The predicted molar refractivity (Wildman–Crippen MR) is 105 cm³/mol. The molecule has 0 bridgehead atoms. The van der Waals surface area contributed by atoms with Gasteiger partial charge in [-0.05, 0) is 54.2 Å². The van der Waals surface area contributed by atoms with E-state index in [1.807, 2.05) is 24.3 Å². The fraction of sp³-hybridized carbons (Fsp3) is 0.381. The van der Waals surface area contributed by atoms with Crippen molar-refractivity contribution >= 4 is 27.0 Å². The Labute approximate surface area is 157 Å². The molecule has 1 aromatic heterocycles. The summed E-state index contributed by atoms with van der Waals surface area (Å²) in [6.07, 6.45) is 1.34. The second-order valence-corrected chi connectivity index (χ2v) is 8.39. The Bertz CT molecular complexity index is 878. The number of nitrogens with zero attached hydrogens (tertiary/aromatic N) is 2. The molecule has 1 aliphatic heterocycles. The number of likely N-dealkylation sites (tertiary alicyclic amines) is 1. The van der Waals surface area contributed by atoms with Crippen molar-refractivity contribution in [2.45, 2.75) is 26.8 Å². The quantitative estimate of drug-likeness (QED) is 0.563. The third-order valence-corrected chi connectivity index (χ3v) is 5.37. The SMILES string of the molecule is CC1CC(C)CN(Cc2ccc3oc(-c4cccc(Br)c4)nc3c2)C1. The Morgan fingerprint density at radius 2 is 1.92 bits per heavy atom. The zero-order valence-corrected chi connectivity index (χ0v) is 16.3. The number of halogens is 1. The molecule has 1 aliphatic rings. The highest BCUT2D eigenvalue weighted by Gasteiger charge is 2.21. The summed E-state index contributed by atoms with van der Waals surface area (Å²) in [5, 5.41) is 0. The monoisotopic (exact) mass is 398 g/mol. The second kappa shape index (κ2) is 6.93. The van der Waals surface area contributed by atoms with Gasteiger partial charge in [0.15, 0.2) is 5.58 Å². The Kier molecular flexibility index (Phi) is 4.65. The van der Waals surface area contributed by atoms with Crippen molar-refractivity contribution in [3.63, 3.8) is 0 Å². The van der Waals surface area contributed by atoms with E-state index in [9.17, 15) is 0 Å². The van der Waals surface area contributed by atoms with Gasteiger partial charge in [0, 0.05) is 29.7 Å². The summed E-state index contributed by atoms with van der Waals surface area (Å²) in [5.74, 6) is 2.24. The zero-order valence-electron chi connectivity index (χ0n) is 14.7. The molecule has 1 saturated heterocycles. The molecule has 0 amide bonds. The van der Waals surface area contributed by atoms with Gasteiger partial charge in [-0.1, -0.05) is 41.9 Å². The van der Waals surface area contributed by atoms with E-state index in [0.717, 1.165) is 39.5 Å². The van der Waals surface area contributed by atoms with Gasteiger partial charge in [-0.25, -0.2) is 4.98 Å². The molecule has 2 heterocycles. The van der Waals surface area contributed by atoms with E-state index in [4.69, 9.17) is 9.40 Å². The molecule has 2 aromatic carbocycles. The van der Waals surface area contributed by atoms with Gasteiger partial charge < -0.3 is 4.42 Å². The molecule has 130 valence electrons.